The van der Waals surface area contributed by atoms with E-state index in [9.17, 15) is 9.18 Å². The predicted molar refractivity (Wildman–Crippen MR) is 92.6 cm³/mol. The largest absolute Gasteiger partial charge is 0.382 e. The molecule has 1 amide bonds. The van der Waals surface area contributed by atoms with E-state index in [1.807, 2.05) is 24.3 Å². The van der Waals surface area contributed by atoms with Gasteiger partial charge in [-0.05, 0) is 54.8 Å². The monoisotopic (exact) mass is 328 g/mol. The van der Waals surface area contributed by atoms with Crippen molar-refractivity contribution in [2.75, 3.05) is 23.8 Å². The molecule has 1 saturated heterocycles. The van der Waals surface area contributed by atoms with Gasteiger partial charge in [0.1, 0.15) is 5.82 Å². The van der Waals surface area contributed by atoms with Crippen LogP contribution in [0.1, 0.15) is 18.4 Å². The number of halogens is 1. The van der Waals surface area contributed by atoms with E-state index in [1.54, 1.807) is 12.1 Å². The highest BCUT2D eigenvalue weighted by Gasteiger charge is 2.14. The lowest BCUT2D eigenvalue weighted by Crippen LogP contribution is -2.18. The summed E-state index contributed by atoms with van der Waals surface area (Å²) in [6, 6.07) is 13.6. The second-order valence-electron chi connectivity index (χ2n) is 5.95. The van der Waals surface area contributed by atoms with Gasteiger partial charge in [-0.3, -0.25) is 4.79 Å². The zero-order valence-electron chi connectivity index (χ0n) is 13.4. The van der Waals surface area contributed by atoms with E-state index in [1.165, 1.54) is 12.1 Å². The Kier molecular flexibility index (Phi) is 5.43. The second kappa shape index (κ2) is 7.93. The summed E-state index contributed by atoms with van der Waals surface area (Å²) >= 11 is 0. The van der Waals surface area contributed by atoms with Crippen LogP contribution in [0.3, 0.4) is 0 Å². The first-order valence-corrected chi connectivity index (χ1v) is 8.19. The fourth-order valence-corrected chi connectivity index (χ4v) is 2.75. The Hall–Kier alpha value is -2.40. The minimum atomic E-state index is -0.332. The molecule has 1 aliphatic heterocycles. The highest BCUT2D eigenvalue weighted by molar-refractivity contribution is 5.92. The average Bonchev–Trinajstić information content (AvgIpc) is 3.07. The van der Waals surface area contributed by atoms with Crippen molar-refractivity contribution < 1.29 is 13.9 Å². The number of carbonyl (C=O) groups is 1. The second-order valence-corrected chi connectivity index (χ2v) is 5.95. The molecule has 126 valence electrons. The van der Waals surface area contributed by atoms with Crippen LogP contribution in [-0.2, 0) is 16.0 Å². The van der Waals surface area contributed by atoms with Crippen molar-refractivity contribution in [3.63, 3.8) is 0 Å². The number of ether oxygens (including phenoxy) is 1. The van der Waals surface area contributed by atoms with Crippen LogP contribution in [0.15, 0.2) is 48.5 Å². The Labute approximate surface area is 141 Å². The van der Waals surface area contributed by atoms with E-state index < -0.39 is 0 Å². The average molecular weight is 328 g/mol. The minimum absolute atomic E-state index is 0.150. The molecule has 0 aliphatic carbocycles. The van der Waals surface area contributed by atoms with Crippen molar-refractivity contribution in [3.05, 3.63) is 59.9 Å². The molecule has 0 aromatic heterocycles. The molecule has 1 atom stereocenters. The molecule has 2 aromatic rings. The molecule has 5 heteroatoms. The summed E-state index contributed by atoms with van der Waals surface area (Å²) in [5.41, 5.74) is 2.37. The highest BCUT2D eigenvalue weighted by atomic mass is 19.1. The summed E-state index contributed by atoms with van der Waals surface area (Å²) < 4.78 is 18.7. The lowest BCUT2D eigenvalue weighted by molar-refractivity contribution is -0.115. The van der Waals surface area contributed by atoms with Crippen molar-refractivity contribution in [2.45, 2.75) is 25.4 Å². The van der Waals surface area contributed by atoms with Crippen molar-refractivity contribution in [3.8, 4) is 0 Å². The predicted octanol–water partition coefficient (Wildman–Crippen LogP) is 3.60. The third-order valence-electron chi connectivity index (χ3n) is 3.98. The van der Waals surface area contributed by atoms with Gasteiger partial charge in [0.2, 0.25) is 5.91 Å². The molecule has 1 heterocycles. The highest BCUT2D eigenvalue weighted by Crippen LogP contribution is 2.17. The van der Waals surface area contributed by atoms with Crippen molar-refractivity contribution in [2.24, 2.45) is 0 Å². The van der Waals surface area contributed by atoms with E-state index in [-0.39, 0.29) is 24.2 Å². The van der Waals surface area contributed by atoms with Crippen LogP contribution >= 0.6 is 0 Å². The smallest absolute Gasteiger partial charge is 0.228 e. The maximum absolute atomic E-state index is 13.1. The lowest BCUT2D eigenvalue weighted by Gasteiger charge is -2.12. The van der Waals surface area contributed by atoms with Crippen LogP contribution in [0.5, 0.6) is 0 Å². The summed E-state index contributed by atoms with van der Waals surface area (Å²) in [4.78, 5) is 12.0. The number of rotatable bonds is 6. The fourth-order valence-electron chi connectivity index (χ4n) is 2.75. The molecular weight excluding hydrogens is 307 g/mol. The van der Waals surface area contributed by atoms with Crippen LogP contribution in [0.25, 0.3) is 0 Å². The van der Waals surface area contributed by atoms with Crippen LogP contribution in [0.4, 0.5) is 15.8 Å². The Morgan fingerprint density at radius 2 is 1.96 bits per heavy atom. The van der Waals surface area contributed by atoms with Crippen LogP contribution in [-0.4, -0.2) is 25.2 Å². The summed E-state index contributed by atoms with van der Waals surface area (Å²) in [6.45, 7) is 1.65. The number of nitrogens with one attached hydrogen (secondary N) is 2. The number of carbonyl (C=O) groups excluding carboxylic acids is 1. The van der Waals surface area contributed by atoms with Crippen LogP contribution < -0.4 is 10.6 Å². The zero-order valence-corrected chi connectivity index (χ0v) is 13.4. The number of hydrogen-bond acceptors (Lipinski definition) is 3. The Morgan fingerprint density at radius 1 is 1.17 bits per heavy atom. The molecule has 0 spiro atoms. The van der Waals surface area contributed by atoms with Gasteiger partial charge >= 0.3 is 0 Å². The Bertz CT molecular complexity index is 682. The molecule has 4 nitrogen and oxygen atoms in total. The zero-order chi connectivity index (χ0) is 16.8. The molecule has 0 saturated carbocycles. The van der Waals surface area contributed by atoms with Gasteiger partial charge in [-0.25, -0.2) is 4.39 Å². The first-order valence-electron chi connectivity index (χ1n) is 8.19. The van der Waals surface area contributed by atoms with Gasteiger partial charge in [-0.15, -0.1) is 0 Å². The molecule has 2 N–H and O–H groups in total. The molecule has 0 radical (unpaired) electrons. The van der Waals surface area contributed by atoms with Gasteiger partial charge in [0.25, 0.3) is 0 Å². The molecule has 2 aromatic carbocycles. The third kappa shape index (κ3) is 4.80. The van der Waals surface area contributed by atoms with Crippen LogP contribution in [0, 0.1) is 5.82 Å². The number of amides is 1. The van der Waals surface area contributed by atoms with E-state index >= 15 is 0 Å². The van der Waals surface area contributed by atoms with Crippen molar-refractivity contribution >= 4 is 17.3 Å². The van der Waals surface area contributed by atoms with E-state index in [0.717, 1.165) is 37.4 Å². The van der Waals surface area contributed by atoms with Gasteiger partial charge in [-0.1, -0.05) is 12.1 Å². The number of anilines is 2. The first kappa shape index (κ1) is 16.5. The summed E-state index contributed by atoms with van der Waals surface area (Å²) in [5.74, 6) is -0.498. The Morgan fingerprint density at radius 3 is 2.67 bits per heavy atom. The van der Waals surface area contributed by atoms with E-state index in [2.05, 4.69) is 10.6 Å². The normalized spacial score (nSPS) is 16.8. The van der Waals surface area contributed by atoms with Gasteiger partial charge < -0.3 is 15.4 Å². The van der Waals surface area contributed by atoms with Crippen LogP contribution in [0.2, 0.25) is 0 Å². The first-order chi connectivity index (χ1) is 11.7. The molecule has 3 rings (SSSR count). The topological polar surface area (TPSA) is 50.4 Å². The Balaban J connectivity index is 1.49. The van der Waals surface area contributed by atoms with E-state index in [0.29, 0.717) is 5.56 Å². The molecule has 1 fully saturated rings. The standard InChI is InChI=1S/C19H21FN2O2/c20-15-4-1-3-14(11-15)12-19(23)22-17-8-6-16(7-9-17)21-13-18-5-2-10-24-18/h1,3-4,6-9,11,18,21H,2,5,10,12-13H2,(H,22,23). The van der Waals surface area contributed by atoms with Gasteiger partial charge in [0, 0.05) is 24.5 Å². The summed E-state index contributed by atoms with van der Waals surface area (Å²) in [7, 11) is 0. The van der Waals surface area contributed by atoms with Crippen molar-refractivity contribution in [1.29, 1.82) is 0 Å². The molecule has 1 unspecified atom stereocenters. The molecule has 1 aliphatic rings. The SMILES string of the molecule is O=C(Cc1cccc(F)c1)Nc1ccc(NCC2CCCO2)cc1. The summed E-state index contributed by atoms with van der Waals surface area (Å²) in [5, 5.41) is 6.15. The maximum Gasteiger partial charge on any atom is 0.228 e. The van der Waals surface area contributed by atoms with Gasteiger partial charge in [-0.2, -0.15) is 0 Å². The van der Waals surface area contributed by atoms with Gasteiger partial charge in [0.15, 0.2) is 0 Å². The number of hydrogen-bond donors (Lipinski definition) is 2. The van der Waals surface area contributed by atoms with E-state index in [4.69, 9.17) is 4.74 Å². The minimum Gasteiger partial charge on any atom is -0.382 e. The lowest BCUT2D eigenvalue weighted by atomic mass is 10.1. The summed E-state index contributed by atoms with van der Waals surface area (Å²) in [6.07, 6.45) is 2.66. The third-order valence-corrected chi connectivity index (χ3v) is 3.98. The quantitative estimate of drug-likeness (QED) is 0.852. The molecule has 0 bridgehead atoms. The van der Waals surface area contributed by atoms with Gasteiger partial charge in [0.05, 0.1) is 12.5 Å². The maximum atomic E-state index is 13.1. The molecular formula is C19H21FN2O2. The number of benzene rings is 2. The molecule has 24 heavy (non-hydrogen) atoms. The fraction of sp³-hybridized carbons (Fsp3) is 0.316. The van der Waals surface area contributed by atoms with Crippen molar-refractivity contribution in [1.82, 2.24) is 0 Å².